The lowest BCUT2D eigenvalue weighted by Crippen LogP contribution is -2.55. The second-order valence-corrected chi connectivity index (χ2v) is 7.14. The molecule has 1 unspecified atom stereocenters. The van der Waals surface area contributed by atoms with Crippen molar-refractivity contribution >= 4 is 12.0 Å². The predicted octanol–water partition coefficient (Wildman–Crippen LogP) is 2.99. The van der Waals surface area contributed by atoms with Gasteiger partial charge in [-0.05, 0) is 40.0 Å². The molecule has 0 saturated heterocycles. The molecule has 5 heteroatoms. The molecular weight excluding hydrogens is 268 g/mol. The fourth-order valence-corrected chi connectivity index (χ4v) is 2.52. The molecule has 1 atom stereocenters. The van der Waals surface area contributed by atoms with Gasteiger partial charge in [-0.15, -0.1) is 0 Å². The van der Waals surface area contributed by atoms with Crippen molar-refractivity contribution in [3.05, 3.63) is 0 Å². The van der Waals surface area contributed by atoms with Crippen LogP contribution in [0.15, 0.2) is 0 Å². The SMILES string of the molecule is CCC(C)C(=O)NC1(CNC(=O)OC(C)(C)C)CCCC1. The maximum absolute atomic E-state index is 12.2. The van der Waals surface area contributed by atoms with Crippen LogP contribution in [0.3, 0.4) is 0 Å². The minimum absolute atomic E-state index is 0.00371. The van der Waals surface area contributed by atoms with E-state index in [4.69, 9.17) is 4.74 Å². The Hall–Kier alpha value is -1.26. The van der Waals surface area contributed by atoms with Gasteiger partial charge in [-0.3, -0.25) is 4.79 Å². The molecule has 0 bridgehead atoms. The van der Waals surface area contributed by atoms with Crippen LogP contribution in [-0.2, 0) is 9.53 Å². The minimum atomic E-state index is -0.507. The summed E-state index contributed by atoms with van der Waals surface area (Å²) < 4.78 is 5.25. The third-order valence-corrected chi connectivity index (χ3v) is 3.98. The topological polar surface area (TPSA) is 67.4 Å². The van der Waals surface area contributed by atoms with E-state index < -0.39 is 11.7 Å². The Kier molecular flexibility index (Phi) is 6.05. The van der Waals surface area contributed by atoms with E-state index in [1.807, 2.05) is 34.6 Å². The molecule has 0 aliphatic heterocycles. The van der Waals surface area contributed by atoms with Crippen LogP contribution in [0, 0.1) is 5.92 Å². The number of rotatable bonds is 5. The molecule has 2 amide bonds. The van der Waals surface area contributed by atoms with E-state index in [0.717, 1.165) is 32.1 Å². The summed E-state index contributed by atoms with van der Waals surface area (Å²) in [5.74, 6) is 0.0781. The smallest absolute Gasteiger partial charge is 0.407 e. The molecule has 0 spiro atoms. The Bertz CT molecular complexity index is 368. The van der Waals surface area contributed by atoms with Gasteiger partial charge in [0.1, 0.15) is 5.60 Å². The van der Waals surface area contributed by atoms with Crippen molar-refractivity contribution in [2.75, 3.05) is 6.54 Å². The third kappa shape index (κ3) is 5.94. The quantitative estimate of drug-likeness (QED) is 0.820. The number of ether oxygens (including phenoxy) is 1. The molecule has 2 N–H and O–H groups in total. The lowest BCUT2D eigenvalue weighted by Gasteiger charge is -2.32. The van der Waals surface area contributed by atoms with Gasteiger partial charge in [0.25, 0.3) is 0 Å². The molecule has 0 radical (unpaired) electrons. The molecule has 0 heterocycles. The van der Waals surface area contributed by atoms with Crippen LogP contribution >= 0.6 is 0 Å². The summed E-state index contributed by atoms with van der Waals surface area (Å²) in [6.07, 6.45) is 4.37. The molecule has 0 aromatic heterocycles. The Balaban J connectivity index is 2.57. The van der Waals surface area contributed by atoms with Gasteiger partial charge in [0.2, 0.25) is 5.91 Å². The molecule has 1 rings (SSSR count). The van der Waals surface area contributed by atoms with Crippen LogP contribution in [0.4, 0.5) is 4.79 Å². The highest BCUT2D eigenvalue weighted by Gasteiger charge is 2.36. The van der Waals surface area contributed by atoms with Crippen molar-refractivity contribution in [2.45, 2.75) is 77.9 Å². The first-order valence-corrected chi connectivity index (χ1v) is 7.96. The number of amides is 2. The number of nitrogens with one attached hydrogen (secondary N) is 2. The standard InChI is InChI=1S/C16H30N2O3/c1-6-12(2)13(19)18-16(9-7-8-10-16)11-17-14(20)21-15(3,4)5/h12H,6-11H2,1-5H3,(H,17,20)(H,18,19). The average molecular weight is 298 g/mol. The predicted molar refractivity (Wildman–Crippen MR) is 83.0 cm³/mol. The Morgan fingerprint density at radius 1 is 1.24 bits per heavy atom. The number of carbonyl (C=O) groups excluding carboxylic acids is 2. The summed E-state index contributed by atoms with van der Waals surface area (Å²) >= 11 is 0. The minimum Gasteiger partial charge on any atom is -0.444 e. The maximum atomic E-state index is 12.2. The van der Waals surface area contributed by atoms with Crippen molar-refractivity contribution < 1.29 is 14.3 Å². The van der Waals surface area contributed by atoms with E-state index in [9.17, 15) is 9.59 Å². The Morgan fingerprint density at radius 3 is 2.29 bits per heavy atom. The molecule has 1 aliphatic rings. The van der Waals surface area contributed by atoms with Crippen molar-refractivity contribution in [3.63, 3.8) is 0 Å². The van der Waals surface area contributed by atoms with E-state index in [-0.39, 0.29) is 17.4 Å². The second-order valence-electron chi connectivity index (χ2n) is 7.14. The van der Waals surface area contributed by atoms with Gasteiger partial charge >= 0.3 is 6.09 Å². The number of hydrogen-bond donors (Lipinski definition) is 2. The van der Waals surface area contributed by atoms with Gasteiger partial charge in [0.15, 0.2) is 0 Å². The first-order chi connectivity index (χ1) is 9.67. The largest absolute Gasteiger partial charge is 0.444 e. The van der Waals surface area contributed by atoms with Crippen molar-refractivity contribution in [2.24, 2.45) is 5.92 Å². The Morgan fingerprint density at radius 2 is 1.81 bits per heavy atom. The van der Waals surface area contributed by atoms with Crippen LogP contribution in [0.1, 0.15) is 66.7 Å². The molecule has 122 valence electrons. The van der Waals surface area contributed by atoms with Gasteiger partial charge in [-0.25, -0.2) is 4.79 Å². The van der Waals surface area contributed by atoms with E-state index in [0.29, 0.717) is 6.54 Å². The summed E-state index contributed by atoms with van der Waals surface area (Å²) in [6, 6.07) is 0. The van der Waals surface area contributed by atoms with Crippen LogP contribution in [0.2, 0.25) is 0 Å². The molecule has 0 aromatic carbocycles. The normalized spacial score (nSPS) is 18.9. The maximum Gasteiger partial charge on any atom is 0.407 e. The summed E-state index contributed by atoms with van der Waals surface area (Å²) in [6.45, 7) is 9.88. The number of alkyl carbamates (subject to hydrolysis) is 1. The highest BCUT2D eigenvalue weighted by molar-refractivity contribution is 5.79. The highest BCUT2D eigenvalue weighted by Crippen LogP contribution is 2.29. The molecule has 1 saturated carbocycles. The van der Waals surface area contributed by atoms with Crippen molar-refractivity contribution in [1.29, 1.82) is 0 Å². The summed E-state index contributed by atoms with van der Waals surface area (Å²) in [5, 5.41) is 5.96. The first kappa shape index (κ1) is 17.8. The molecule has 0 aromatic rings. The van der Waals surface area contributed by atoms with Gasteiger partial charge in [-0.1, -0.05) is 26.7 Å². The lowest BCUT2D eigenvalue weighted by molar-refractivity contribution is -0.126. The van der Waals surface area contributed by atoms with Crippen molar-refractivity contribution in [3.8, 4) is 0 Å². The van der Waals surface area contributed by atoms with Crippen LogP contribution < -0.4 is 10.6 Å². The lowest BCUT2D eigenvalue weighted by atomic mass is 9.95. The van der Waals surface area contributed by atoms with Gasteiger partial charge < -0.3 is 15.4 Å². The summed E-state index contributed by atoms with van der Waals surface area (Å²) in [4.78, 5) is 23.9. The van der Waals surface area contributed by atoms with Crippen LogP contribution in [-0.4, -0.2) is 29.7 Å². The fraction of sp³-hybridized carbons (Fsp3) is 0.875. The fourth-order valence-electron chi connectivity index (χ4n) is 2.52. The van der Waals surface area contributed by atoms with Crippen LogP contribution in [0.25, 0.3) is 0 Å². The molecular formula is C16H30N2O3. The molecule has 1 aliphatic carbocycles. The molecule has 5 nitrogen and oxygen atoms in total. The van der Waals surface area contributed by atoms with E-state index in [1.165, 1.54) is 0 Å². The first-order valence-electron chi connectivity index (χ1n) is 7.96. The van der Waals surface area contributed by atoms with Crippen LogP contribution in [0.5, 0.6) is 0 Å². The molecule has 1 fully saturated rings. The monoisotopic (exact) mass is 298 g/mol. The van der Waals surface area contributed by atoms with E-state index in [2.05, 4.69) is 10.6 Å². The summed E-state index contributed by atoms with van der Waals surface area (Å²) in [5.41, 5.74) is -0.815. The molecule has 21 heavy (non-hydrogen) atoms. The highest BCUT2D eigenvalue weighted by atomic mass is 16.6. The zero-order valence-corrected chi connectivity index (χ0v) is 14.0. The third-order valence-electron chi connectivity index (χ3n) is 3.98. The van der Waals surface area contributed by atoms with Gasteiger partial charge in [-0.2, -0.15) is 0 Å². The number of carbonyl (C=O) groups is 2. The average Bonchev–Trinajstić information content (AvgIpc) is 2.82. The zero-order valence-electron chi connectivity index (χ0n) is 14.0. The summed E-state index contributed by atoms with van der Waals surface area (Å²) in [7, 11) is 0. The Labute approximate surface area is 128 Å². The number of hydrogen-bond acceptors (Lipinski definition) is 3. The van der Waals surface area contributed by atoms with Crippen molar-refractivity contribution in [1.82, 2.24) is 10.6 Å². The second kappa shape index (κ2) is 7.14. The van der Waals surface area contributed by atoms with Gasteiger partial charge in [0, 0.05) is 12.5 Å². The van der Waals surface area contributed by atoms with E-state index >= 15 is 0 Å². The van der Waals surface area contributed by atoms with E-state index in [1.54, 1.807) is 0 Å². The van der Waals surface area contributed by atoms with Gasteiger partial charge in [0.05, 0.1) is 5.54 Å². The zero-order chi connectivity index (χ0) is 16.1.